The number of benzene rings is 3. The first-order chi connectivity index (χ1) is 27.4. The smallest absolute Gasteiger partial charge is 0.323 e. The maximum atomic E-state index is 14.3. The van der Waals surface area contributed by atoms with Gasteiger partial charge >= 0.3 is 5.97 Å². The number of aliphatic hydroxyl groups is 1. The van der Waals surface area contributed by atoms with E-state index in [2.05, 4.69) is 42.2 Å². The number of aromatic hydroxyl groups is 1. The van der Waals surface area contributed by atoms with Crippen LogP contribution in [0.3, 0.4) is 0 Å². The van der Waals surface area contributed by atoms with Gasteiger partial charge in [-0.2, -0.15) is 17.0 Å². The number of carbonyl (C=O) groups is 2. The van der Waals surface area contributed by atoms with Gasteiger partial charge in [0.1, 0.15) is 18.7 Å². The summed E-state index contributed by atoms with van der Waals surface area (Å²) in [6.07, 6.45) is 0.538. The van der Waals surface area contributed by atoms with Crippen LogP contribution in [0.1, 0.15) is 66.5 Å². The molecule has 2 aliphatic carbocycles. The van der Waals surface area contributed by atoms with Gasteiger partial charge in [-0.15, -0.1) is 0 Å². The van der Waals surface area contributed by atoms with Crippen molar-refractivity contribution < 1.29 is 38.7 Å². The molecule has 13 heteroatoms. The zero-order valence-electron chi connectivity index (χ0n) is 32.2. The molecule has 0 bridgehead atoms. The number of nitrogens with two attached hydrogens (primary N) is 1. The number of phenols is 1. The highest BCUT2D eigenvalue weighted by Gasteiger charge is 2.72. The number of rotatable bonds is 8. The molecule has 0 amide bonds. The van der Waals surface area contributed by atoms with Gasteiger partial charge in [0.05, 0.1) is 25.3 Å². The predicted molar refractivity (Wildman–Crippen MR) is 210 cm³/mol. The van der Waals surface area contributed by atoms with E-state index in [-0.39, 0.29) is 60.2 Å². The second kappa shape index (κ2) is 12.8. The SMILES string of the molecule is COc1c(C)cc2c(c1O)[C@H]1C3CC4(O)C(=O)C(C)=C5OCOC5=C4[C@H](COC(=O)[C@@H](N)CSCC4c5ccccc5-c5ccccc54)N3[C@@H](C#N)[C@H]3CC2(C)N31. The zero-order chi connectivity index (χ0) is 39.7. The Labute approximate surface area is 334 Å². The summed E-state index contributed by atoms with van der Waals surface area (Å²) in [7, 11) is 1.51. The number of ketones is 1. The quantitative estimate of drug-likeness (QED) is 0.270. The molecule has 4 saturated heterocycles. The van der Waals surface area contributed by atoms with Gasteiger partial charge in [0, 0.05) is 58.2 Å². The van der Waals surface area contributed by atoms with Gasteiger partial charge < -0.3 is 34.9 Å². The molecule has 4 fully saturated rings. The summed E-state index contributed by atoms with van der Waals surface area (Å²) >= 11 is 1.59. The Morgan fingerprint density at radius 3 is 2.46 bits per heavy atom. The van der Waals surface area contributed by atoms with Crippen LogP contribution in [0, 0.1) is 18.3 Å². The highest BCUT2D eigenvalue weighted by atomic mass is 32.2. The van der Waals surface area contributed by atoms with Crippen molar-refractivity contribution in [3.8, 4) is 28.7 Å². The minimum atomic E-state index is -2.07. The molecule has 0 saturated carbocycles. The summed E-state index contributed by atoms with van der Waals surface area (Å²) in [4.78, 5) is 32.4. The highest BCUT2D eigenvalue weighted by Crippen LogP contribution is 2.67. The number of Topliss-reactive ketones (excluding diaryl/α,β-unsaturated/α-hetero) is 1. The van der Waals surface area contributed by atoms with Crippen LogP contribution < -0.4 is 10.5 Å². The molecule has 12 nitrogen and oxygen atoms in total. The van der Waals surface area contributed by atoms with Crippen LogP contribution in [0.15, 0.2) is 77.3 Å². The van der Waals surface area contributed by atoms with Crippen molar-refractivity contribution in [2.45, 2.75) is 86.9 Å². The molecular formula is C44H44N4O8S. The molecule has 7 aliphatic rings. The second-order valence-electron chi connectivity index (χ2n) is 16.5. The first-order valence-corrected chi connectivity index (χ1v) is 20.6. The van der Waals surface area contributed by atoms with Gasteiger partial charge in [-0.25, -0.2) is 0 Å². The van der Waals surface area contributed by atoms with Crippen molar-refractivity contribution in [2.24, 2.45) is 5.73 Å². The van der Waals surface area contributed by atoms with Gasteiger partial charge in [-0.1, -0.05) is 48.5 Å². The van der Waals surface area contributed by atoms with Crippen LogP contribution in [-0.2, 0) is 29.3 Å². The molecule has 57 heavy (non-hydrogen) atoms. The number of hydrogen-bond acceptors (Lipinski definition) is 13. The standard InChI is InChI=1S/C44H44N4O8S/c1-21-13-28-34(37(49)38(21)53-4)36-31-15-44(52)35(40-39(55-20-56-40)22(2)41(44)50)33(47(31)32(16-45)30-14-43(28,3)48(30)36)17-54-42(51)29(46)19-57-18-27-25-11-7-5-9-23(25)24-10-6-8-12-26(24)27/h5-13,27,29-33,36,49,52H,14-15,17-20,46H2,1-4H3/t29-,30+,31?,32-,33-,36+,43?,44?/m0/s1. The Morgan fingerprint density at radius 2 is 1.77 bits per heavy atom. The van der Waals surface area contributed by atoms with Crippen LogP contribution in [-0.4, -0.2) is 99.6 Å². The number of piperidine rings is 1. The fraction of sp³-hybridized carbons (Fsp3) is 0.432. The topological polar surface area (TPSA) is 168 Å². The molecule has 0 radical (unpaired) electrons. The number of thioether (sulfide) groups is 1. The summed E-state index contributed by atoms with van der Waals surface area (Å²) in [6, 6.07) is 17.3. The molecule has 0 aromatic heterocycles. The van der Waals surface area contributed by atoms with Gasteiger partial charge in [0.2, 0.25) is 6.79 Å². The largest absolute Gasteiger partial charge is 0.504 e. The zero-order valence-corrected chi connectivity index (χ0v) is 33.0. The second-order valence-corrected chi connectivity index (χ2v) is 17.6. The van der Waals surface area contributed by atoms with Gasteiger partial charge in [-0.05, 0) is 66.6 Å². The summed E-state index contributed by atoms with van der Waals surface area (Å²) in [6.45, 7) is 5.15. The number of phenolic OH excluding ortho intramolecular Hbond substituents is 1. The van der Waals surface area contributed by atoms with Gasteiger partial charge in [0.25, 0.3) is 0 Å². The third kappa shape index (κ3) is 4.82. The molecule has 3 unspecified atom stereocenters. The Balaban J connectivity index is 0.970. The van der Waals surface area contributed by atoms with E-state index in [0.29, 0.717) is 23.5 Å². The maximum absolute atomic E-state index is 14.3. The lowest BCUT2D eigenvalue weighted by molar-refractivity contribution is -0.199. The molecule has 5 heterocycles. The summed E-state index contributed by atoms with van der Waals surface area (Å²) in [5, 5.41) is 35.5. The fourth-order valence-electron chi connectivity index (χ4n) is 11.4. The number of piperazine rings is 1. The Kier molecular flexibility index (Phi) is 8.22. The molecule has 5 aliphatic heterocycles. The van der Waals surface area contributed by atoms with Crippen LogP contribution in [0.5, 0.6) is 11.5 Å². The summed E-state index contributed by atoms with van der Waals surface area (Å²) in [5.74, 6) is 0.878. The van der Waals surface area contributed by atoms with Crippen LogP contribution in [0.25, 0.3) is 11.1 Å². The number of nitriles is 1. The van der Waals surface area contributed by atoms with E-state index in [1.54, 1.807) is 18.7 Å². The van der Waals surface area contributed by atoms with Crippen molar-refractivity contribution in [3.63, 3.8) is 0 Å². The molecule has 3 aromatic carbocycles. The maximum Gasteiger partial charge on any atom is 0.323 e. The third-order valence-corrected chi connectivity index (χ3v) is 14.9. The van der Waals surface area contributed by atoms with Gasteiger partial charge in [0.15, 0.2) is 34.4 Å². The van der Waals surface area contributed by atoms with Crippen LogP contribution in [0.4, 0.5) is 0 Å². The Bertz CT molecular complexity index is 2350. The molecule has 4 N–H and O–H groups in total. The minimum absolute atomic E-state index is 0.00950. The third-order valence-electron chi connectivity index (χ3n) is 13.7. The van der Waals surface area contributed by atoms with E-state index in [1.165, 1.54) is 29.4 Å². The number of esters is 1. The number of hydrogen-bond donors (Lipinski definition) is 3. The first kappa shape index (κ1) is 36.5. The lowest BCUT2D eigenvalue weighted by Gasteiger charge is -2.67. The monoisotopic (exact) mass is 788 g/mol. The van der Waals surface area contributed by atoms with Crippen LogP contribution in [0.2, 0.25) is 0 Å². The summed E-state index contributed by atoms with van der Waals surface area (Å²) in [5.41, 5.74) is 11.8. The average Bonchev–Trinajstić information content (AvgIpc) is 3.87. The summed E-state index contributed by atoms with van der Waals surface area (Å²) < 4.78 is 23.5. The molecular weight excluding hydrogens is 745 g/mol. The van der Waals surface area contributed by atoms with Crippen LogP contribution >= 0.6 is 11.8 Å². The molecule has 10 rings (SSSR count). The van der Waals surface area contributed by atoms with E-state index < -0.39 is 53.1 Å². The normalized spacial score (nSPS) is 31.0. The number of carbonyl (C=O) groups excluding carboxylic acids is 2. The fourth-order valence-corrected chi connectivity index (χ4v) is 12.5. The molecule has 8 atom stereocenters. The van der Waals surface area contributed by atoms with Crippen molar-refractivity contribution in [1.82, 2.24) is 9.80 Å². The molecule has 294 valence electrons. The van der Waals surface area contributed by atoms with Gasteiger partial charge in [-0.3, -0.25) is 19.4 Å². The van der Waals surface area contributed by atoms with Crippen molar-refractivity contribution >= 4 is 23.5 Å². The van der Waals surface area contributed by atoms with E-state index in [9.17, 15) is 25.1 Å². The lowest BCUT2D eigenvalue weighted by Crippen LogP contribution is -2.78. The number of methoxy groups -OCH3 is 1. The van der Waals surface area contributed by atoms with E-state index >= 15 is 0 Å². The minimum Gasteiger partial charge on any atom is -0.504 e. The Hall–Kier alpha value is -4.84. The molecule has 0 spiro atoms. The predicted octanol–water partition coefficient (Wildman–Crippen LogP) is 4.66. The van der Waals surface area contributed by atoms with Crippen molar-refractivity contribution in [3.05, 3.63) is 105 Å². The highest BCUT2D eigenvalue weighted by molar-refractivity contribution is 7.99. The van der Waals surface area contributed by atoms with Crippen molar-refractivity contribution in [2.75, 3.05) is 32.0 Å². The average molecular weight is 789 g/mol. The number of ether oxygens (including phenoxy) is 4. The van der Waals surface area contributed by atoms with E-state index in [1.807, 2.05) is 42.2 Å². The number of fused-ring (bicyclic) bond motifs is 10. The Morgan fingerprint density at radius 1 is 1.09 bits per heavy atom. The lowest BCUT2D eigenvalue weighted by atomic mass is 9.65. The van der Waals surface area contributed by atoms with E-state index in [4.69, 9.17) is 24.7 Å². The first-order valence-electron chi connectivity index (χ1n) is 19.5. The number of aryl methyl sites for hydroxylation is 1. The number of nitrogens with zero attached hydrogens (tertiary/aromatic N) is 3. The molecule has 3 aromatic rings. The van der Waals surface area contributed by atoms with E-state index in [0.717, 1.165) is 16.9 Å². The van der Waals surface area contributed by atoms with Crippen molar-refractivity contribution in [1.29, 1.82) is 5.26 Å².